The van der Waals surface area contributed by atoms with E-state index >= 15 is 0 Å². The van der Waals surface area contributed by atoms with Crippen molar-refractivity contribution in [1.82, 2.24) is 4.90 Å². The van der Waals surface area contributed by atoms with Crippen LogP contribution in [-0.4, -0.2) is 35.8 Å². The first-order chi connectivity index (χ1) is 12.3. The molecule has 1 aliphatic rings. The number of aryl methyl sites for hydroxylation is 1. The molecular formula is C18H20Cl2FN3O2S. The van der Waals surface area contributed by atoms with E-state index in [4.69, 9.17) is 17.3 Å². The summed E-state index contributed by atoms with van der Waals surface area (Å²) in [5.74, 6) is -1.02. The average Bonchev–Trinajstić information content (AvgIpc) is 2.94. The molecule has 1 atom stereocenters. The number of anilines is 1. The highest BCUT2D eigenvalue weighted by atomic mass is 35.5. The minimum Gasteiger partial charge on any atom is -0.336 e. The summed E-state index contributed by atoms with van der Waals surface area (Å²) in [6, 6.07) is 5.35. The first-order valence-electron chi connectivity index (χ1n) is 8.27. The normalized spacial score (nSPS) is 16.6. The molecule has 2 amide bonds. The minimum atomic E-state index is -0.508. The van der Waals surface area contributed by atoms with Crippen LogP contribution in [0.1, 0.15) is 38.4 Å². The lowest BCUT2D eigenvalue weighted by Gasteiger charge is -2.30. The Balaban J connectivity index is 0.00000261. The van der Waals surface area contributed by atoms with Gasteiger partial charge in [0.25, 0.3) is 11.8 Å². The number of hydrogen-bond donors (Lipinski definition) is 2. The molecule has 1 saturated heterocycles. The average molecular weight is 432 g/mol. The van der Waals surface area contributed by atoms with E-state index in [0.29, 0.717) is 23.0 Å². The number of halogens is 3. The lowest BCUT2D eigenvalue weighted by Crippen LogP contribution is -2.45. The zero-order valence-electron chi connectivity index (χ0n) is 14.6. The van der Waals surface area contributed by atoms with Crippen molar-refractivity contribution in [3.63, 3.8) is 0 Å². The number of hydrogen-bond acceptors (Lipinski definition) is 4. The van der Waals surface area contributed by atoms with Gasteiger partial charge in [-0.15, -0.1) is 23.7 Å². The molecule has 27 heavy (non-hydrogen) atoms. The fraction of sp³-hybridized carbons (Fsp3) is 0.333. The van der Waals surface area contributed by atoms with Crippen LogP contribution < -0.4 is 11.1 Å². The molecule has 5 nitrogen and oxygen atoms in total. The number of nitrogens with one attached hydrogen (secondary N) is 1. The summed E-state index contributed by atoms with van der Waals surface area (Å²) in [6.07, 6.45) is 1.82. The molecule has 0 saturated carbocycles. The smallest absolute Gasteiger partial charge is 0.264 e. The summed E-state index contributed by atoms with van der Waals surface area (Å²) >= 11 is 7.14. The number of piperidine rings is 1. The number of nitrogens with zero attached hydrogens (tertiary/aromatic N) is 1. The molecule has 1 fully saturated rings. The highest BCUT2D eigenvalue weighted by Crippen LogP contribution is 2.29. The number of nitrogens with two attached hydrogens (primary N) is 1. The Bertz CT molecular complexity index is 859. The third-order valence-corrected chi connectivity index (χ3v) is 5.72. The maximum Gasteiger partial charge on any atom is 0.264 e. The molecular weight excluding hydrogens is 412 g/mol. The van der Waals surface area contributed by atoms with Crippen LogP contribution in [0.2, 0.25) is 5.02 Å². The van der Waals surface area contributed by atoms with E-state index in [2.05, 4.69) is 5.32 Å². The second-order valence-electron chi connectivity index (χ2n) is 6.35. The van der Waals surface area contributed by atoms with Crippen LogP contribution in [0.25, 0.3) is 0 Å². The molecule has 1 unspecified atom stereocenters. The van der Waals surface area contributed by atoms with Gasteiger partial charge in [0, 0.05) is 19.1 Å². The Labute approximate surface area is 172 Å². The topological polar surface area (TPSA) is 75.4 Å². The Hall–Kier alpha value is -1.67. The van der Waals surface area contributed by atoms with Crippen LogP contribution in [-0.2, 0) is 0 Å². The van der Waals surface area contributed by atoms with Gasteiger partial charge in [-0.1, -0.05) is 11.6 Å². The highest BCUT2D eigenvalue weighted by Gasteiger charge is 2.25. The van der Waals surface area contributed by atoms with Crippen LogP contribution >= 0.6 is 35.3 Å². The zero-order chi connectivity index (χ0) is 18.8. The summed E-state index contributed by atoms with van der Waals surface area (Å²) in [5, 5.41) is 3.30. The second-order valence-corrected chi connectivity index (χ2v) is 7.81. The summed E-state index contributed by atoms with van der Waals surface area (Å²) in [7, 11) is 0. The molecule has 9 heteroatoms. The number of benzene rings is 1. The summed E-state index contributed by atoms with van der Waals surface area (Å²) in [4.78, 5) is 27.4. The SMILES string of the molecule is Cc1cc(NC(=O)c2ccc(F)cc2Cl)sc1C(=O)N1CCCC(N)C1.Cl. The zero-order valence-corrected chi connectivity index (χ0v) is 17.0. The van der Waals surface area contributed by atoms with Crippen LogP contribution in [0.3, 0.4) is 0 Å². The van der Waals surface area contributed by atoms with Gasteiger partial charge >= 0.3 is 0 Å². The van der Waals surface area contributed by atoms with E-state index in [0.717, 1.165) is 24.5 Å². The van der Waals surface area contributed by atoms with Gasteiger partial charge in [-0.2, -0.15) is 0 Å². The molecule has 1 aromatic heterocycles. The molecule has 0 bridgehead atoms. The predicted molar refractivity (Wildman–Crippen MR) is 109 cm³/mol. The molecule has 0 radical (unpaired) electrons. The van der Waals surface area contributed by atoms with Crippen molar-refractivity contribution in [3.05, 3.63) is 51.1 Å². The Morgan fingerprint density at radius 2 is 2.11 bits per heavy atom. The van der Waals surface area contributed by atoms with Crippen molar-refractivity contribution < 1.29 is 14.0 Å². The number of carbonyl (C=O) groups excluding carboxylic acids is 2. The third-order valence-electron chi connectivity index (χ3n) is 4.27. The fourth-order valence-electron chi connectivity index (χ4n) is 2.95. The molecule has 0 aliphatic carbocycles. The standard InChI is InChI=1S/C18H19ClFN3O2S.ClH/c1-10-7-15(22-17(24)13-5-4-11(20)8-14(13)19)26-16(10)18(25)23-6-2-3-12(21)9-23;/h4-5,7-8,12H,2-3,6,9,21H2,1H3,(H,22,24);1H. The molecule has 1 aromatic carbocycles. The van der Waals surface area contributed by atoms with Crippen molar-refractivity contribution in [1.29, 1.82) is 0 Å². The van der Waals surface area contributed by atoms with Crippen molar-refractivity contribution >= 4 is 52.2 Å². The quantitative estimate of drug-likeness (QED) is 0.768. The first kappa shape index (κ1) is 21.6. The molecule has 2 heterocycles. The number of thiophene rings is 1. The first-order valence-corrected chi connectivity index (χ1v) is 9.46. The Morgan fingerprint density at radius 3 is 2.78 bits per heavy atom. The lowest BCUT2D eigenvalue weighted by atomic mass is 10.1. The summed E-state index contributed by atoms with van der Waals surface area (Å²) in [6.45, 7) is 3.06. The Kier molecular flexibility index (Phi) is 7.22. The van der Waals surface area contributed by atoms with Crippen molar-refractivity contribution in [3.8, 4) is 0 Å². The Morgan fingerprint density at radius 1 is 1.37 bits per heavy atom. The van der Waals surface area contributed by atoms with Gasteiger partial charge in [-0.05, 0) is 49.6 Å². The van der Waals surface area contributed by atoms with E-state index in [1.807, 2.05) is 6.92 Å². The number of carbonyl (C=O) groups is 2. The van der Waals surface area contributed by atoms with E-state index in [9.17, 15) is 14.0 Å². The molecule has 3 N–H and O–H groups in total. The monoisotopic (exact) mass is 431 g/mol. The van der Waals surface area contributed by atoms with Crippen LogP contribution in [0.5, 0.6) is 0 Å². The lowest BCUT2D eigenvalue weighted by molar-refractivity contribution is 0.0713. The third kappa shape index (κ3) is 4.99. The van der Waals surface area contributed by atoms with E-state index in [-0.39, 0.29) is 34.9 Å². The summed E-state index contributed by atoms with van der Waals surface area (Å²) in [5.41, 5.74) is 6.92. The van der Waals surface area contributed by atoms with Gasteiger partial charge in [0.2, 0.25) is 0 Å². The van der Waals surface area contributed by atoms with Gasteiger partial charge in [-0.25, -0.2) is 4.39 Å². The van der Waals surface area contributed by atoms with Crippen LogP contribution in [0, 0.1) is 12.7 Å². The summed E-state index contributed by atoms with van der Waals surface area (Å²) < 4.78 is 13.1. The van der Waals surface area contributed by atoms with E-state index in [1.54, 1.807) is 11.0 Å². The van der Waals surface area contributed by atoms with Gasteiger partial charge < -0.3 is 16.0 Å². The number of likely N-dealkylation sites (tertiary alicyclic amines) is 1. The molecule has 146 valence electrons. The molecule has 2 aromatic rings. The van der Waals surface area contributed by atoms with Gasteiger partial charge in [0.05, 0.1) is 20.5 Å². The molecule has 1 aliphatic heterocycles. The van der Waals surface area contributed by atoms with Gasteiger partial charge in [0.1, 0.15) is 5.82 Å². The molecule has 0 spiro atoms. The van der Waals surface area contributed by atoms with Crippen molar-refractivity contribution in [2.24, 2.45) is 5.73 Å². The van der Waals surface area contributed by atoms with Gasteiger partial charge in [-0.3, -0.25) is 9.59 Å². The second kappa shape index (κ2) is 9.01. The van der Waals surface area contributed by atoms with Crippen LogP contribution in [0.15, 0.2) is 24.3 Å². The van der Waals surface area contributed by atoms with E-state index < -0.39 is 11.7 Å². The van der Waals surface area contributed by atoms with Crippen molar-refractivity contribution in [2.75, 3.05) is 18.4 Å². The number of amides is 2. The van der Waals surface area contributed by atoms with E-state index in [1.165, 1.54) is 23.5 Å². The largest absolute Gasteiger partial charge is 0.336 e. The maximum absolute atomic E-state index is 13.1. The molecule has 3 rings (SSSR count). The van der Waals surface area contributed by atoms with Gasteiger partial charge in [0.15, 0.2) is 0 Å². The fourth-order valence-corrected chi connectivity index (χ4v) is 4.24. The predicted octanol–water partition coefficient (Wildman–Crippen LogP) is 4.09. The van der Waals surface area contributed by atoms with Crippen molar-refractivity contribution in [2.45, 2.75) is 25.8 Å². The highest BCUT2D eigenvalue weighted by molar-refractivity contribution is 7.18. The minimum absolute atomic E-state index is 0. The number of rotatable bonds is 3. The maximum atomic E-state index is 13.1. The van der Waals surface area contributed by atoms with Crippen LogP contribution in [0.4, 0.5) is 9.39 Å².